The minimum absolute atomic E-state index is 0.135. The number of carboxylic acids is 1. The van der Waals surface area contributed by atoms with Gasteiger partial charge in [-0.15, -0.1) is 0 Å². The molecule has 1 aliphatic rings. The van der Waals surface area contributed by atoms with Gasteiger partial charge in [0, 0.05) is 5.56 Å². The quantitative estimate of drug-likeness (QED) is 0.387. The monoisotopic (exact) mass is 483 g/mol. The number of amides is 1. The maximum absolute atomic E-state index is 13.1. The molecule has 4 rings (SSSR count). The Labute approximate surface area is 199 Å². The number of hydrogen-bond acceptors (Lipinski definition) is 5. The number of thioether (sulfide) groups is 1. The lowest BCUT2D eigenvalue weighted by atomic mass is 10.1. The van der Waals surface area contributed by atoms with Crippen LogP contribution in [0, 0.1) is 20.8 Å². The molecule has 32 heavy (non-hydrogen) atoms. The van der Waals surface area contributed by atoms with Crippen LogP contribution in [0.25, 0.3) is 11.8 Å². The Hall–Kier alpha value is -2.94. The van der Waals surface area contributed by atoms with Gasteiger partial charge >= 0.3 is 5.97 Å². The van der Waals surface area contributed by atoms with Gasteiger partial charge in [0.1, 0.15) is 5.15 Å². The van der Waals surface area contributed by atoms with Crippen molar-refractivity contribution < 1.29 is 14.7 Å². The fourth-order valence-electron chi connectivity index (χ4n) is 3.45. The number of thiocarbonyl (C=S) groups is 1. The minimum Gasteiger partial charge on any atom is -0.478 e. The van der Waals surface area contributed by atoms with Crippen LogP contribution < -0.4 is 4.90 Å². The van der Waals surface area contributed by atoms with Crippen LogP contribution in [0.3, 0.4) is 0 Å². The van der Waals surface area contributed by atoms with E-state index in [0.717, 1.165) is 16.8 Å². The number of aryl methyl sites for hydroxylation is 3. The van der Waals surface area contributed by atoms with Crippen molar-refractivity contribution in [3.63, 3.8) is 0 Å². The predicted molar refractivity (Wildman–Crippen MR) is 132 cm³/mol. The molecule has 3 aromatic rings. The van der Waals surface area contributed by atoms with E-state index in [1.807, 2.05) is 32.9 Å². The molecule has 1 saturated heterocycles. The van der Waals surface area contributed by atoms with Crippen molar-refractivity contribution >= 4 is 63.5 Å². The van der Waals surface area contributed by atoms with Crippen molar-refractivity contribution in [2.45, 2.75) is 20.8 Å². The standard InChI is InChI=1S/C23H18ClN3O3S2/c1-12-4-9-18(13(2)10-12)27-20(24)17(14(3)25-27)11-19-21(28)26(23(31)32-19)16-7-5-15(6-8-16)22(29)30/h4-11H,1-3H3,(H,29,30). The van der Waals surface area contributed by atoms with Gasteiger partial charge in [-0.3, -0.25) is 9.69 Å². The van der Waals surface area contributed by atoms with Gasteiger partial charge in [0.05, 0.1) is 27.5 Å². The Balaban J connectivity index is 1.69. The SMILES string of the molecule is Cc1ccc(-n2nc(C)c(C=C3SC(=S)N(c4ccc(C(=O)O)cc4)C3=O)c2Cl)c(C)c1. The number of anilines is 1. The van der Waals surface area contributed by atoms with Crippen LogP contribution in [-0.2, 0) is 4.79 Å². The van der Waals surface area contributed by atoms with Crippen LogP contribution in [0.5, 0.6) is 0 Å². The number of nitrogens with zero attached hydrogens (tertiary/aromatic N) is 3. The zero-order chi connectivity index (χ0) is 23.2. The lowest BCUT2D eigenvalue weighted by Gasteiger charge is -2.14. The number of carboxylic acid groups (broad SMARTS) is 1. The number of carbonyl (C=O) groups is 2. The summed E-state index contributed by atoms with van der Waals surface area (Å²) in [5, 5.41) is 14.1. The van der Waals surface area contributed by atoms with Crippen molar-refractivity contribution in [1.29, 1.82) is 0 Å². The average molecular weight is 484 g/mol. The highest BCUT2D eigenvalue weighted by Crippen LogP contribution is 2.38. The Morgan fingerprint density at radius 3 is 2.47 bits per heavy atom. The summed E-state index contributed by atoms with van der Waals surface area (Å²) in [5.41, 5.74) is 5.03. The van der Waals surface area contributed by atoms with Crippen LogP contribution in [0.1, 0.15) is 32.7 Å². The number of hydrogen-bond donors (Lipinski definition) is 1. The van der Waals surface area contributed by atoms with Gasteiger partial charge in [0.15, 0.2) is 4.32 Å². The maximum Gasteiger partial charge on any atom is 0.335 e. The van der Waals surface area contributed by atoms with Crippen molar-refractivity contribution in [1.82, 2.24) is 9.78 Å². The fraction of sp³-hybridized carbons (Fsp3) is 0.130. The number of carbonyl (C=O) groups excluding carboxylic acids is 1. The lowest BCUT2D eigenvalue weighted by molar-refractivity contribution is -0.113. The van der Waals surface area contributed by atoms with Crippen LogP contribution in [0.15, 0.2) is 47.4 Å². The highest BCUT2D eigenvalue weighted by atomic mass is 35.5. The molecule has 0 bridgehead atoms. The third-order valence-electron chi connectivity index (χ3n) is 5.07. The molecule has 0 atom stereocenters. The van der Waals surface area contributed by atoms with Gasteiger partial charge in [-0.05, 0) is 62.7 Å². The van der Waals surface area contributed by atoms with Crippen molar-refractivity contribution in [2.24, 2.45) is 0 Å². The molecule has 2 heterocycles. The van der Waals surface area contributed by atoms with E-state index in [4.69, 9.17) is 28.9 Å². The molecule has 1 fully saturated rings. The second kappa shape index (κ2) is 8.54. The van der Waals surface area contributed by atoms with Crippen molar-refractivity contribution in [3.05, 3.63) is 80.5 Å². The second-order valence-electron chi connectivity index (χ2n) is 7.36. The molecule has 0 unspecified atom stereocenters. The zero-order valence-corrected chi connectivity index (χ0v) is 19.8. The number of aromatic nitrogens is 2. The van der Waals surface area contributed by atoms with Gasteiger partial charge in [-0.1, -0.05) is 53.3 Å². The first-order valence-electron chi connectivity index (χ1n) is 9.61. The van der Waals surface area contributed by atoms with Crippen molar-refractivity contribution in [2.75, 3.05) is 4.90 Å². The second-order valence-corrected chi connectivity index (χ2v) is 9.39. The smallest absolute Gasteiger partial charge is 0.335 e. The topological polar surface area (TPSA) is 75.4 Å². The summed E-state index contributed by atoms with van der Waals surface area (Å²) in [5.74, 6) is -1.33. The van der Waals surface area contributed by atoms with E-state index in [1.165, 1.54) is 28.8 Å². The first-order chi connectivity index (χ1) is 15.2. The molecule has 9 heteroatoms. The predicted octanol–water partition coefficient (Wildman–Crippen LogP) is 5.55. The maximum atomic E-state index is 13.1. The Morgan fingerprint density at radius 2 is 1.84 bits per heavy atom. The minimum atomic E-state index is -1.03. The molecule has 0 spiro atoms. The molecular formula is C23H18ClN3O3S2. The Kier molecular flexibility index (Phi) is 5.94. The Bertz CT molecular complexity index is 1310. The van der Waals surface area contributed by atoms with Crippen LogP contribution >= 0.6 is 35.6 Å². The third kappa shape index (κ3) is 3.97. The van der Waals surface area contributed by atoms with Crippen LogP contribution in [0.2, 0.25) is 5.15 Å². The fourth-order valence-corrected chi connectivity index (χ4v) is 5.05. The summed E-state index contributed by atoms with van der Waals surface area (Å²) in [4.78, 5) is 26.0. The van der Waals surface area contributed by atoms with E-state index in [1.54, 1.807) is 22.9 Å². The average Bonchev–Trinajstić information content (AvgIpc) is 3.18. The summed E-state index contributed by atoms with van der Waals surface area (Å²) < 4.78 is 2.03. The summed E-state index contributed by atoms with van der Waals surface area (Å²) in [6, 6.07) is 12.0. The summed E-state index contributed by atoms with van der Waals surface area (Å²) >= 11 is 13.2. The van der Waals surface area contributed by atoms with Crippen LogP contribution in [0.4, 0.5) is 5.69 Å². The molecule has 1 amide bonds. The van der Waals surface area contributed by atoms with E-state index in [-0.39, 0.29) is 11.5 Å². The lowest BCUT2D eigenvalue weighted by Crippen LogP contribution is -2.27. The first-order valence-corrected chi connectivity index (χ1v) is 11.2. The molecular weight excluding hydrogens is 466 g/mol. The van der Waals surface area contributed by atoms with E-state index < -0.39 is 5.97 Å². The Morgan fingerprint density at radius 1 is 1.16 bits per heavy atom. The first kappa shape index (κ1) is 22.3. The van der Waals surface area contributed by atoms with E-state index >= 15 is 0 Å². The third-order valence-corrected chi connectivity index (χ3v) is 6.74. The molecule has 0 aliphatic carbocycles. The van der Waals surface area contributed by atoms with Gasteiger partial charge in [0.2, 0.25) is 0 Å². The highest BCUT2D eigenvalue weighted by Gasteiger charge is 2.34. The molecule has 6 nitrogen and oxygen atoms in total. The van der Waals surface area contributed by atoms with Gasteiger partial charge in [-0.2, -0.15) is 5.10 Å². The van der Waals surface area contributed by atoms with Gasteiger partial charge in [-0.25, -0.2) is 9.48 Å². The highest BCUT2D eigenvalue weighted by molar-refractivity contribution is 8.27. The molecule has 0 radical (unpaired) electrons. The summed E-state index contributed by atoms with van der Waals surface area (Å²) in [6.45, 7) is 5.86. The van der Waals surface area contributed by atoms with Gasteiger partial charge < -0.3 is 5.11 Å². The molecule has 1 N–H and O–H groups in total. The number of halogens is 1. The molecule has 2 aromatic carbocycles. The molecule has 162 valence electrons. The molecule has 1 aliphatic heterocycles. The number of rotatable bonds is 4. The largest absolute Gasteiger partial charge is 0.478 e. The number of benzene rings is 2. The van der Waals surface area contributed by atoms with E-state index in [0.29, 0.717) is 31.3 Å². The molecule has 0 saturated carbocycles. The van der Waals surface area contributed by atoms with E-state index in [9.17, 15) is 9.59 Å². The summed E-state index contributed by atoms with van der Waals surface area (Å²) in [6.07, 6.45) is 1.70. The molecule has 1 aromatic heterocycles. The zero-order valence-electron chi connectivity index (χ0n) is 17.4. The number of aromatic carboxylic acids is 1. The van der Waals surface area contributed by atoms with Crippen molar-refractivity contribution in [3.8, 4) is 5.69 Å². The van der Waals surface area contributed by atoms with E-state index in [2.05, 4.69) is 11.2 Å². The van der Waals surface area contributed by atoms with Gasteiger partial charge in [0.25, 0.3) is 5.91 Å². The normalized spacial score (nSPS) is 15.1. The summed E-state index contributed by atoms with van der Waals surface area (Å²) in [7, 11) is 0. The van der Waals surface area contributed by atoms with Crippen LogP contribution in [-0.4, -0.2) is 31.1 Å².